The number of fused-ring (bicyclic) bond motifs is 1. The monoisotopic (exact) mass is 397 g/mol. The highest BCUT2D eigenvalue weighted by atomic mass is 35.5. The largest absolute Gasteiger partial charge is 0.350 e. The van der Waals surface area contributed by atoms with Crippen LogP contribution in [0.1, 0.15) is 31.0 Å². The molecule has 4 rings (SSSR count). The molecule has 1 aliphatic carbocycles. The van der Waals surface area contributed by atoms with Crippen molar-refractivity contribution in [2.45, 2.75) is 38.9 Å². The maximum atomic E-state index is 12.3. The van der Waals surface area contributed by atoms with Crippen molar-refractivity contribution in [2.75, 3.05) is 5.32 Å². The number of halogens is 1. The van der Waals surface area contributed by atoms with Crippen LogP contribution in [0, 0.1) is 0 Å². The molecule has 0 spiro atoms. The number of amides is 1. The third kappa shape index (κ3) is 4.14. The van der Waals surface area contributed by atoms with Crippen LogP contribution < -0.4 is 10.9 Å². The van der Waals surface area contributed by atoms with Crippen LogP contribution in [-0.4, -0.2) is 31.8 Å². The Hall–Kier alpha value is -2.93. The third-order valence-electron chi connectivity index (χ3n) is 4.76. The minimum absolute atomic E-state index is 0.0528. The lowest BCUT2D eigenvalue weighted by molar-refractivity contribution is -0.130. The van der Waals surface area contributed by atoms with E-state index in [1.807, 2.05) is 17.0 Å². The Kier molecular flexibility index (Phi) is 5.00. The van der Waals surface area contributed by atoms with Crippen LogP contribution in [0.3, 0.4) is 0 Å². The van der Waals surface area contributed by atoms with E-state index in [0.29, 0.717) is 29.1 Å². The van der Waals surface area contributed by atoms with Crippen molar-refractivity contribution in [3.63, 3.8) is 0 Å². The molecule has 2 aromatic heterocycles. The first kappa shape index (κ1) is 18.4. The Morgan fingerprint density at radius 2 is 2.14 bits per heavy atom. The van der Waals surface area contributed by atoms with E-state index in [-0.39, 0.29) is 18.0 Å². The number of aromatic amines is 1. The molecule has 2 heterocycles. The molecule has 1 aromatic carbocycles. The Labute approximate surface area is 166 Å². The van der Waals surface area contributed by atoms with Crippen molar-refractivity contribution in [3.8, 4) is 0 Å². The van der Waals surface area contributed by atoms with Crippen molar-refractivity contribution in [1.82, 2.24) is 19.9 Å². The maximum absolute atomic E-state index is 12.3. The fourth-order valence-corrected chi connectivity index (χ4v) is 3.34. The molecule has 28 heavy (non-hydrogen) atoms. The Bertz CT molecular complexity index is 1090. The zero-order valence-corrected chi connectivity index (χ0v) is 16.2. The van der Waals surface area contributed by atoms with E-state index in [9.17, 15) is 9.59 Å². The average molecular weight is 398 g/mol. The van der Waals surface area contributed by atoms with Crippen LogP contribution in [-0.2, 0) is 17.9 Å². The highest BCUT2D eigenvalue weighted by Gasteiger charge is 2.31. The summed E-state index contributed by atoms with van der Waals surface area (Å²) in [5, 5.41) is 4.56. The number of nitrogens with one attached hydrogen (secondary N) is 2. The SMILES string of the molecule is CC(=O)N(Cc1ccnc(NCc2cc3cc(Cl)ccc3[nH]c2=O)n1)C1CC1. The second-order valence-corrected chi connectivity index (χ2v) is 7.39. The summed E-state index contributed by atoms with van der Waals surface area (Å²) in [5.74, 6) is 0.472. The van der Waals surface area contributed by atoms with Gasteiger partial charge in [-0.1, -0.05) is 11.6 Å². The fraction of sp³-hybridized carbons (Fsp3) is 0.300. The van der Waals surface area contributed by atoms with Gasteiger partial charge in [0.15, 0.2) is 0 Å². The van der Waals surface area contributed by atoms with Crippen molar-refractivity contribution < 1.29 is 4.79 Å². The number of nitrogens with zero attached hydrogens (tertiary/aromatic N) is 3. The minimum atomic E-state index is -0.171. The van der Waals surface area contributed by atoms with E-state index in [4.69, 9.17) is 11.6 Å². The number of pyridine rings is 1. The number of aromatic nitrogens is 3. The first-order valence-electron chi connectivity index (χ1n) is 9.14. The first-order chi connectivity index (χ1) is 13.5. The molecule has 0 radical (unpaired) electrons. The van der Waals surface area contributed by atoms with Crippen molar-refractivity contribution in [2.24, 2.45) is 0 Å². The standard InChI is InChI=1S/C20H20ClN5O2/c1-12(27)26(17-3-4-17)11-16-6-7-22-20(24-16)23-10-14-8-13-9-15(21)2-5-18(13)25-19(14)28/h2,5-9,17H,3-4,10-11H2,1H3,(H,25,28)(H,22,23,24). The van der Waals surface area contributed by atoms with Crippen molar-refractivity contribution in [1.29, 1.82) is 0 Å². The lowest BCUT2D eigenvalue weighted by atomic mass is 10.1. The smallest absolute Gasteiger partial charge is 0.253 e. The molecule has 0 unspecified atom stereocenters. The second kappa shape index (κ2) is 7.59. The number of anilines is 1. The molecule has 0 bridgehead atoms. The average Bonchev–Trinajstić information content (AvgIpc) is 3.50. The molecule has 3 aromatic rings. The van der Waals surface area contributed by atoms with Gasteiger partial charge in [0.25, 0.3) is 5.56 Å². The molecule has 1 fully saturated rings. The second-order valence-electron chi connectivity index (χ2n) is 6.96. The first-order valence-corrected chi connectivity index (χ1v) is 9.52. The molecule has 0 aliphatic heterocycles. The highest BCUT2D eigenvalue weighted by molar-refractivity contribution is 6.31. The highest BCUT2D eigenvalue weighted by Crippen LogP contribution is 2.28. The normalized spacial score (nSPS) is 13.5. The Morgan fingerprint density at radius 1 is 1.32 bits per heavy atom. The van der Waals surface area contributed by atoms with Crippen LogP contribution in [0.15, 0.2) is 41.3 Å². The summed E-state index contributed by atoms with van der Waals surface area (Å²) in [4.78, 5) is 37.5. The van der Waals surface area contributed by atoms with Gasteiger partial charge >= 0.3 is 0 Å². The van der Waals surface area contributed by atoms with Gasteiger partial charge in [-0.15, -0.1) is 0 Å². The van der Waals surface area contributed by atoms with E-state index in [1.54, 1.807) is 31.3 Å². The third-order valence-corrected chi connectivity index (χ3v) is 4.99. The molecule has 7 nitrogen and oxygen atoms in total. The van der Waals surface area contributed by atoms with E-state index in [0.717, 1.165) is 29.4 Å². The van der Waals surface area contributed by atoms with Crippen molar-refractivity contribution >= 4 is 34.4 Å². The lowest BCUT2D eigenvalue weighted by Crippen LogP contribution is -2.30. The number of hydrogen-bond acceptors (Lipinski definition) is 5. The summed E-state index contributed by atoms with van der Waals surface area (Å²) in [6.07, 6.45) is 3.75. The molecule has 1 amide bonds. The van der Waals surface area contributed by atoms with Crippen LogP contribution in [0.2, 0.25) is 5.02 Å². The number of hydrogen-bond donors (Lipinski definition) is 2. The van der Waals surface area contributed by atoms with E-state index >= 15 is 0 Å². The van der Waals surface area contributed by atoms with E-state index in [1.165, 1.54) is 0 Å². The summed E-state index contributed by atoms with van der Waals surface area (Å²) in [5.41, 5.74) is 1.89. The molecule has 0 saturated heterocycles. The van der Waals surface area contributed by atoms with Gasteiger partial charge < -0.3 is 15.2 Å². The number of carbonyl (C=O) groups is 1. The Balaban J connectivity index is 1.49. The van der Waals surface area contributed by atoms with Gasteiger partial charge in [0.2, 0.25) is 11.9 Å². The van der Waals surface area contributed by atoms with Gasteiger partial charge in [0.05, 0.1) is 12.2 Å². The summed E-state index contributed by atoms with van der Waals surface area (Å²) >= 11 is 6.04. The molecule has 0 atom stereocenters. The molecule has 2 N–H and O–H groups in total. The number of H-pyrrole nitrogens is 1. The minimum Gasteiger partial charge on any atom is -0.350 e. The summed E-state index contributed by atoms with van der Waals surface area (Å²) in [6.45, 7) is 2.32. The van der Waals surface area contributed by atoms with Gasteiger partial charge in [-0.05, 0) is 43.2 Å². The van der Waals surface area contributed by atoms with Crippen LogP contribution in [0.4, 0.5) is 5.95 Å². The predicted molar refractivity (Wildman–Crippen MR) is 108 cm³/mol. The summed E-state index contributed by atoms with van der Waals surface area (Å²) in [7, 11) is 0. The molecular weight excluding hydrogens is 378 g/mol. The van der Waals surface area contributed by atoms with Gasteiger partial charge in [-0.25, -0.2) is 9.97 Å². The maximum Gasteiger partial charge on any atom is 0.253 e. The van der Waals surface area contributed by atoms with E-state index < -0.39 is 0 Å². The molecule has 1 saturated carbocycles. The van der Waals surface area contributed by atoms with Gasteiger partial charge in [-0.3, -0.25) is 9.59 Å². The summed E-state index contributed by atoms with van der Waals surface area (Å²) in [6, 6.07) is 9.26. The number of carbonyl (C=O) groups excluding carboxylic acids is 1. The van der Waals surface area contributed by atoms with Gasteiger partial charge in [0.1, 0.15) is 0 Å². The van der Waals surface area contributed by atoms with Gasteiger partial charge in [-0.2, -0.15) is 0 Å². The summed E-state index contributed by atoms with van der Waals surface area (Å²) < 4.78 is 0. The quantitative estimate of drug-likeness (QED) is 0.667. The fourth-order valence-electron chi connectivity index (χ4n) is 3.16. The van der Waals surface area contributed by atoms with Gasteiger partial charge in [0, 0.05) is 47.2 Å². The lowest BCUT2D eigenvalue weighted by Gasteiger charge is -2.20. The predicted octanol–water partition coefficient (Wildman–Crippen LogP) is 3.09. The molecule has 1 aliphatic rings. The van der Waals surface area contributed by atoms with Crippen molar-refractivity contribution in [3.05, 3.63) is 63.2 Å². The Morgan fingerprint density at radius 3 is 2.89 bits per heavy atom. The van der Waals surface area contributed by atoms with Crippen LogP contribution in [0.25, 0.3) is 10.9 Å². The topological polar surface area (TPSA) is 91.0 Å². The number of rotatable bonds is 6. The number of benzene rings is 1. The van der Waals surface area contributed by atoms with Crippen LogP contribution in [0.5, 0.6) is 0 Å². The van der Waals surface area contributed by atoms with E-state index in [2.05, 4.69) is 20.3 Å². The van der Waals surface area contributed by atoms with Crippen LogP contribution >= 0.6 is 11.6 Å². The zero-order chi connectivity index (χ0) is 19.7. The molecule has 144 valence electrons. The molecular formula is C20H20ClN5O2. The zero-order valence-electron chi connectivity index (χ0n) is 15.4. The molecule has 8 heteroatoms.